The van der Waals surface area contributed by atoms with E-state index in [0.29, 0.717) is 6.10 Å². The van der Waals surface area contributed by atoms with Gasteiger partial charge in [0.1, 0.15) is 0 Å². The molecule has 70 valence electrons. The van der Waals surface area contributed by atoms with Gasteiger partial charge in [-0.3, -0.25) is 0 Å². The van der Waals surface area contributed by atoms with E-state index in [9.17, 15) is 0 Å². The molecule has 2 rings (SSSR count). The Labute approximate surface area is 86.0 Å². The molecule has 13 heavy (non-hydrogen) atoms. The molecule has 0 aromatic heterocycles. The molecule has 1 aromatic carbocycles. The van der Waals surface area contributed by atoms with Crippen LogP contribution in [0.5, 0.6) is 11.5 Å². The SMILES string of the molecule is COc1cccc(Br)c1OC1CC1. The molecule has 0 aliphatic heterocycles. The Morgan fingerprint density at radius 1 is 1.38 bits per heavy atom. The lowest BCUT2D eigenvalue weighted by Crippen LogP contribution is -1.99. The maximum atomic E-state index is 5.71. The summed E-state index contributed by atoms with van der Waals surface area (Å²) in [4.78, 5) is 0. The molecular weight excluding hydrogens is 232 g/mol. The summed E-state index contributed by atoms with van der Waals surface area (Å²) < 4.78 is 11.9. The van der Waals surface area contributed by atoms with Gasteiger partial charge < -0.3 is 9.47 Å². The van der Waals surface area contributed by atoms with E-state index in [1.54, 1.807) is 7.11 Å². The Hall–Kier alpha value is -0.700. The molecule has 0 unspecified atom stereocenters. The summed E-state index contributed by atoms with van der Waals surface area (Å²) in [6.45, 7) is 0. The van der Waals surface area contributed by atoms with E-state index in [1.165, 1.54) is 0 Å². The summed E-state index contributed by atoms with van der Waals surface area (Å²) >= 11 is 3.44. The zero-order valence-electron chi connectivity index (χ0n) is 7.42. The predicted molar refractivity (Wildman–Crippen MR) is 54.3 cm³/mol. The van der Waals surface area contributed by atoms with Crippen molar-refractivity contribution >= 4 is 15.9 Å². The number of benzene rings is 1. The van der Waals surface area contributed by atoms with Crippen LogP contribution in [0.25, 0.3) is 0 Å². The van der Waals surface area contributed by atoms with Crippen molar-refractivity contribution in [2.24, 2.45) is 0 Å². The normalized spacial score (nSPS) is 15.5. The summed E-state index contributed by atoms with van der Waals surface area (Å²) in [6, 6.07) is 5.80. The van der Waals surface area contributed by atoms with Crippen LogP contribution in [0, 0.1) is 0 Å². The van der Waals surface area contributed by atoms with E-state index in [2.05, 4.69) is 15.9 Å². The van der Waals surface area contributed by atoms with Crippen LogP contribution >= 0.6 is 15.9 Å². The lowest BCUT2D eigenvalue weighted by molar-refractivity contribution is 0.280. The summed E-state index contributed by atoms with van der Waals surface area (Å²) in [5.41, 5.74) is 0. The number of hydrogen-bond donors (Lipinski definition) is 0. The number of methoxy groups -OCH3 is 1. The fourth-order valence-electron chi connectivity index (χ4n) is 1.12. The fourth-order valence-corrected chi connectivity index (χ4v) is 1.56. The van der Waals surface area contributed by atoms with Crippen molar-refractivity contribution in [2.75, 3.05) is 7.11 Å². The van der Waals surface area contributed by atoms with Crippen LogP contribution in [0.3, 0.4) is 0 Å². The molecular formula is C10H11BrO2. The number of halogens is 1. The maximum Gasteiger partial charge on any atom is 0.175 e. The minimum absolute atomic E-state index is 0.396. The number of rotatable bonds is 3. The van der Waals surface area contributed by atoms with Crippen molar-refractivity contribution < 1.29 is 9.47 Å². The van der Waals surface area contributed by atoms with Crippen LogP contribution in [0.4, 0.5) is 0 Å². The molecule has 2 nitrogen and oxygen atoms in total. The highest BCUT2D eigenvalue weighted by Crippen LogP contribution is 2.38. The molecule has 1 aliphatic carbocycles. The van der Waals surface area contributed by atoms with Gasteiger partial charge in [0.25, 0.3) is 0 Å². The topological polar surface area (TPSA) is 18.5 Å². The lowest BCUT2D eigenvalue weighted by Gasteiger charge is -2.10. The third-order valence-corrected chi connectivity index (χ3v) is 2.58. The van der Waals surface area contributed by atoms with E-state index in [-0.39, 0.29) is 0 Å². The van der Waals surface area contributed by atoms with E-state index in [1.807, 2.05) is 18.2 Å². The van der Waals surface area contributed by atoms with Crippen LogP contribution < -0.4 is 9.47 Å². The van der Waals surface area contributed by atoms with Gasteiger partial charge in [0.2, 0.25) is 0 Å². The molecule has 0 spiro atoms. The first-order valence-corrected chi connectivity index (χ1v) is 5.09. The molecule has 0 saturated heterocycles. The summed E-state index contributed by atoms with van der Waals surface area (Å²) in [5.74, 6) is 1.62. The van der Waals surface area contributed by atoms with Crippen LogP contribution in [0.2, 0.25) is 0 Å². The predicted octanol–water partition coefficient (Wildman–Crippen LogP) is 3.00. The van der Waals surface area contributed by atoms with Crippen molar-refractivity contribution in [1.82, 2.24) is 0 Å². The van der Waals surface area contributed by atoms with Gasteiger partial charge in [-0.25, -0.2) is 0 Å². The fraction of sp³-hybridized carbons (Fsp3) is 0.400. The van der Waals surface area contributed by atoms with Crippen molar-refractivity contribution in [3.63, 3.8) is 0 Å². The van der Waals surface area contributed by atoms with Gasteiger partial charge in [-0.05, 0) is 40.9 Å². The molecule has 1 fully saturated rings. The van der Waals surface area contributed by atoms with Crippen molar-refractivity contribution in [3.8, 4) is 11.5 Å². The maximum absolute atomic E-state index is 5.71. The van der Waals surface area contributed by atoms with E-state index >= 15 is 0 Å². The third kappa shape index (κ3) is 1.97. The van der Waals surface area contributed by atoms with Gasteiger partial charge in [-0.1, -0.05) is 6.07 Å². The van der Waals surface area contributed by atoms with Gasteiger partial charge >= 0.3 is 0 Å². The number of para-hydroxylation sites is 1. The Kier molecular flexibility index (Phi) is 2.44. The van der Waals surface area contributed by atoms with E-state index in [4.69, 9.17) is 9.47 Å². The van der Waals surface area contributed by atoms with Gasteiger partial charge in [-0.15, -0.1) is 0 Å². The third-order valence-electron chi connectivity index (χ3n) is 1.96. The van der Waals surface area contributed by atoms with Crippen LogP contribution in [-0.2, 0) is 0 Å². The zero-order valence-corrected chi connectivity index (χ0v) is 9.00. The first kappa shape index (κ1) is 8.88. The molecule has 0 radical (unpaired) electrons. The molecule has 0 atom stereocenters. The van der Waals surface area contributed by atoms with Crippen molar-refractivity contribution in [3.05, 3.63) is 22.7 Å². The lowest BCUT2D eigenvalue weighted by atomic mass is 10.3. The molecule has 0 amide bonds. The van der Waals surface area contributed by atoms with Gasteiger partial charge in [0.15, 0.2) is 11.5 Å². The highest BCUT2D eigenvalue weighted by atomic mass is 79.9. The smallest absolute Gasteiger partial charge is 0.175 e. The average Bonchev–Trinajstić information content (AvgIpc) is 2.92. The molecule has 0 bridgehead atoms. The van der Waals surface area contributed by atoms with Crippen molar-refractivity contribution in [2.45, 2.75) is 18.9 Å². The largest absolute Gasteiger partial charge is 0.493 e. The molecule has 0 N–H and O–H groups in total. The van der Waals surface area contributed by atoms with Crippen LogP contribution in [0.15, 0.2) is 22.7 Å². The van der Waals surface area contributed by atoms with Gasteiger partial charge in [-0.2, -0.15) is 0 Å². The summed E-state index contributed by atoms with van der Waals surface area (Å²) in [6.07, 6.45) is 2.71. The number of ether oxygens (including phenoxy) is 2. The molecule has 0 heterocycles. The van der Waals surface area contributed by atoms with E-state index < -0.39 is 0 Å². The quantitative estimate of drug-likeness (QED) is 0.812. The Morgan fingerprint density at radius 3 is 2.77 bits per heavy atom. The molecule has 1 aliphatic rings. The minimum atomic E-state index is 0.396. The van der Waals surface area contributed by atoms with Gasteiger partial charge in [0, 0.05) is 0 Å². The second kappa shape index (κ2) is 3.58. The minimum Gasteiger partial charge on any atom is -0.493 e. The monoisotopic (exact) mass is 242 g/mol. The number of hydrogen-bond acceptors (Lipinski definition) is 2. The van der Waals surface area contributed by atoms with Gasteiger partial charge in [0.05, 0.1) is 17.7 Å². The van der Waals surface area contributed by atoms with Crippen molar-refractivity contribution in [1.29, 1.82) is 0 Å². The van der Waals surface area contributed by atoms with Crippen LogP contribution in [0.1, 0.15) is 12.8 Å². The summed E-state index contributed by atoms with van der Waals surface area (Å²) in [5, 5.41) is 0. The van der Waals surface area contributed by atoms with E-state index in [0.717, 1.165) is 28.8 Å². The molecule has 3 heteroatoms. The highest BCUT2D eigenvalue weighted by Gasteiger charge is 2.25. The zero-order chi connectivity index (χ0) is 9.26. The molecule has 1 saturated carbocycles. The Bertz CT molecular complexity index is 308. The average molecular weight is 243 g/mol. The standard InChI is InChI=1S/C10H11BrO2/c1-12-9-4-2-3-8(11)10(9)13-7-5-6-7/h2-4,7H,5-6H2,1H3. The highest BCUT2D eigenvalue weighted by molar-refractivity contribution is 9.10. The Morgan fingerprint density at radius 2 is 2.15 bits per heavy atom. The Balaban J connectivity index is 2.27. The summed E-state index contributed by atoms with van der Waals surface area (Å²) in [7, 11) is 1.65. The molecule has 1 aromatic rings. The second-order valence-electron chi connectivity index (χ2n) is 3.09. The second-order valence-corrected chi connectivity index (χ2v) is 3.94. The van der Waals surface area contributed by atoms with Crippen LogP contribution in [-0.4, -0.2) is 13.2 Å². The first-order chi connectivity index (χ1) is 6.31. The first-order valence-electron chi connectivity index (χ1n) is 4.30.